The van der Waals surface area contributed by atoms with Crippen LogP contribution in [-0.2, 0) is 16.4 Å². The van der Waals surface area contributed by atoms with Crippen molar-refractivity contribution in [3.05, 3.63) is 44.3 Å². The molecule has 0 saturated heterocycles. The van der Waals surface area contributed by atoms with Crippen LogP contribution in [0.1, 0.15) is 11.8 Å². The number of likely N-dealkylation sites (N-methyl/N-ethyl adjacent to an activating group) is 1. The molecule has 114 valence electrons. The lowest BCUT2D eigenvalue weighted by Gasteiger charge is -2.24. The van der Waals surface area contributed by atoms with E-state index in [9.17, 15) is 8.42 Å². The number of aromatic nitrogens is 1. The van der Waals surface area contributed by atoms with Crippen molar-refractivity contribution in [2.24, 2.45) is 0 Å². The molecule has 0 radical (unpaired) electrons. The molecule has 0 spiro atoms. The van der Waals surface area contributed by atoms with Gasteiger partial charge >= 0.3 is 0 Å². The predicted octanol–water partition coefficient (Wildman–Crippen LogP) is 3.81. The van der Waals surface area contributed by atoms with E-state index in [1.54, 1.807) is 18.4 Å². The zero-order chi connectivity index (χ0) is 15.6. The Morgan fingerprint density at radius 1 is 1.52 bits per heavy atom. The fourth-order valence-corrected chi connectivity index (χ4v) is 4.93. The summed E-state index contributed by atoms with van der Waals surface area (Å²) in [7, 11) is -2.12. The number of nitrogens with zero attached hydrogens (tertiary/aromatic N) is 2. The molecule has 0 aliphatic rings. The van der Waals surface area contributed by atoms with Gasteiger partial charge in [0.25, 0.3) is 0 Å². The van der Waals surface area contributed by atoms with Crippen molar-refractivity contribution in [1.82, 2.24) is 9.29 Å². The van der Waals surface area contributed by atoms with Gasteiger partial charge in [0.05, 0.1) is 0 Å². The number of hydrogen-bond acceptors (Lipinski definition) is 4. The first-order valence-corrected chi connectivity index (χ1v) is 9.63. The Morgan fingerprint density at radius 2 is 2.24 bits per heavy atom. The number of pyridine rings is 1. The third-order valence-corrected chi connectivity index (χ3v) is 6.86. The van der Waals surface area contributed by atoms with E-state index in [0.29, 0.717) is 10.9 Å². The molecule has 21 heavy (non-hydrogen) atoms. The predicted molar refractivity (Wildman–Crippen MR) is 89.4 cm³/mol. The standard InChI is InChI=1S/C13H14BrClN2O2S2/c1-9(6-11-4-3-5-20-11)17(2)21(18,19)12-7-10(14)8-16-13(12)15/h3-5,7-9H,6H2,1-2H3. The number of rotatable bonds is 5. The van der Waals surface area contributed by atoms with Crippen molar-refractivity contribution < 1.29 is 8.42 Å². The summed E-state index contributed by atoms with van der Waals surface area (Å²) >= 11 is 10.8. The van der Waals surface area contributed by atoms with Crippen molar-refractivity contribution in [2.75, 3.05) is 7.05 Å². The molecular weight excluding hydrogens is 396 g/mol. The van der Waals surface area contributed by atoms with Gasteiger partial charge in [0.2, 0.25) is 10.0 Å². The van der Waals surface area contributed by atoms with Gasteiger partial charge in [-0.1, -0.05) is 17.7 Å². The molecule has 2 heterocycles. The summed E-state index contributed by atoms with van der Waals surface area (Å²) in [6.45, 7) is 1.87. The number of thiophene rings is 1. The topological polar surface area (TPSA) is 50.3 Å². The van der Waals surface area contributed by atoms with Gasteiger partial charge in [-0.25, -0.2) is 13.4 Å². The number of halogens is 2. The number of sulfonamides is 1. The molecule has 1 atom stereocenters. The highest BCUT2D eigenvalue weighted by molar-refractivity contribution is 9.10. The molecule has 4 nitrogen and oxygen atoms in total. The van der Waals surface area contributed by atoms with Gasteiger partial charge in [0.1, 0.15) is 10.0 Å². The summed E-state index contributed by atoms with van der Waals surface area (Å²) in [5, 5.41) is 1.96. The third-order valence-electron chi connectivity index (χ3n) is 3.13. The van der Waals surface area contributed by atoms with Crippen LogP contribution in [0, 0.1) is 0 Å². The monoisotopic (exact) mass is 408 g/mol. The fourth-order valence-electron chi connectivity index (χ4n) is 1.83. The van der Waals surface area contributed by atoms with E-state index in [1.165, 1.54) is 16.6 Å². The molecule has 2 aromatic heterocycles. The first-order chi connectivity index (χ1) is 9.82. The molecule has 0 N–H and O–H groups in total. The summed E-state index contributed by atoms with van der Waals surface area (Å²) in [5.41, 5.74) is 0. The lowest BCUT2D eigenvalue weighted by atomic mass is 10.2. The van der Waals surface area contributed by atoms with Gasteiger partial charge < -0.3 is 0 Å². The van der Waals surface area contributed by atoms with E-state index >= 15 is 0 Å². The van der Waals surface area contributed by atoms with Crippen LogP contribution in [0.15, 0.2) is 39.1 Å². The Labute approximate surface area is 141 Å². The molecule has 1 unspecified atom stereocenters. The first-order valence-electron chi connectivity index (χ1n) is 6.14. The van der Waals surface area contributed by atoms with Crippen LogP contribution in [0.25, 0.3) is 0 Å². The smallest absolute Gasteiger partial charge is 0.242 e. The minimum Gasteiger partial charge on any atom is -0.242 e. The van der Waals surface area contributed by atoms with Crippen LogP contribution in [-0.4, -0.2) is 30.8 Å². The van der Waals surface area contributed by atoms with E-state index in [0.717, 1.165) is 4.88 Å². The lowest BCUT2D eigenvalue weighted by molar-refractivity contribution is 0.388. The second-order valence-corrected chi connectivity index (χ2v) is 8.87. The average Bonchev–Trinajstić information content (AvgIpc) is 2.93. The highest BCUT2D eigenvalue weighted by atomic mass is 79.9. The van der Waals surface area contributed by atoms with Crippen LogP contribution in [0.2, 0.25) is 5.15 Å². The Bertz CT molecular complexity index is 720. The van der Waals surface area contributed by atoms with Crippen LogP contribution in [0.4, 0.5) is 0 Å². The van der Waals surface area contributed by atoms with E-state index in [-0.39, 0.29) is 16.1 Å². The summed E-state index contributed by atoms with van der Waals surface area (Å²) in [6, 6.07) is 5.24. The second-order valence-electron chi connectivity index (χ2n) is 4.60. The molecule has 0 amide bonds. The zero-order valence-corrected chi connectivity index (χ0v) is 15.4. The van der Waals surface area contributed by atoms with Crippen molar-refractivity contribution >= 4 is 48.9 Å². The maximum Gasteiger partial charge on any atom is 0.246 e. The molecule has 0 fully saturated rings. The molecule has 8 heteroatoms. The lowest BCUT2D eigenvalue weighted by Crippen LogP contribution is -2.36. The zero-order valence-electron chi connectivity index (χ0n) is 11.5. The van der Waals surface area contributed by atoms with Gasteiger partial charge in [0.15, 0.2) is 0 Å². The van der Waals surface area contributed by atoms with Crippen molar-refractivity contribution in [3.8, 4) is 0 Å². The quantitative estimate of drug-likeness (QED) is 0.706. The van der Waals surface area contributed by atoms with Crippen molar-refractivity contribution in [1.29, 1.82) is 0 Å². The molecule has 0 aliphatic carbocycles. The minimum atomic E-state index is -3.68. The van der Waals surface area contributed by atoms with E-state index in [1.807, 2.05) is 24.4 Å². The van der Waals surface area contributed by atoms with Gasteiger partial charge in [-0.05, 0) is 46.8 Å². The fraction of sp³-hybridized carbons (Fsp3) is 0.308. The van der Waals surface area contributed by atoms with Gasteiger partial charge in [0, 0.05) is 28.6 Å². The Kier molecular flexibility index (Phi) is 5.43. The number of hydrogen-bond donors (Lipinski definition) is 0. The molecule has 0 aliphatic heterocycles. The molecule has 0 bridgehead atoms. The van der Waals surface area contributed by atoms with Gasteiger partial charge in [-0.3, -0.25) is 0 Å². The maximum atomic E-state index is 12.7. The van der Waals surface area contributed by atoms with Gasteiger partial charge in [-0.2, -0.15) is 4.31 Å². The van der Waals surface area contributed by atoms with Crippen LogP contribution in [0.3, 0.4) is 0 Å². The SMILES string of the molecule is CC(Cc1cccs1)N(C)S(=O)(=O)c1cc(Br)cnc1Cl. The summed E-state index contributed by atoms with van der Waals surface area (Å²) < 4.78 is 27.2. The maximum absolute atomic E-state index is 12.7. The second kappa shape index (κ2) is 6.75. The Balaban J connectivity index is 2.27. The Morgan fingerprint density at radius 3 is 2.86 bits per heavy atom. The highest BCUT2D eigenvalue weighted by Gasteiger charge is 2.28. The molecular formula is C13H14BrClN2O2S2. The Hall–Kier alpha value is -0.470. The summed E-state index contributed by atoms with van der Waals surface area (Å²) in [6.07, 6.45) is 2.13. The largest absolute Gasteiger partial charge is 0.246 e. The molecule has 2 rings (SSSR count). The van der Waals surface area contributed by atoms with E-state index < -0.39 is 10.0 Å². The summed E-state index contributed by atoms with van der Waals surface area (Å²) in [5.74, 6) is 0. The minimum absolute atomic E-state index is 0.0130. The van der Waals surface area contributed by atoms with Crippen LogP contribution >= 0.6 is 38.9 Å². The molecule has 0 aromatic carbocycles. The summed E-state index contributed by atoms with van der Waals surface area (Å²) in [4.78, 5) is 5.03. The molecule has 2 aromatic rings. The van der Waals surface area contributed by atoms with E-state index in [4.69, 9.17) is 11.6 Å². The van der Waals surface area contributed by atoms with Crippen molar-refractivity contribution in [3.63, 3.8) is 0 Å². The van der Waals surface area contributed by atoms with Crippen LogP contribution < -0.4 is 0 Å². The average molecular weight is 410 g/mol. The van der Waals surface area contributed by atoms with Crippen molar-refractivity contribution in [2.45, 2.75) is 24.3 Å². The normalized spacial score (nSPS) is 13.6. The van der Waals surface area contributed by atoms with Gasteiger partial charge in [-0.15, -0.1) is 11.3 Å². The molecule has 0 saturated carbocycles. The highest BCUT2D eigenvalue weighted by Crippen LogP contribution is 2.27. The third kappa shape index (κ3) is 3.84. The van der Waals surface area contributed by atoms with E-state index in [2.05, 4.69) is 20.9 Å². The first kappa shape index (κ1) is 16.9. The van der Waals surface area contributed by atoms with Crippen LogP contribution in [0.5, 0.6) is 0 Å².